The lowest BCUT2D eigenvalue weighted by atomic mass is 10.1. The van der Waals surface area contributed by atoms with E-state index in [1.165, 1.54) is 6.26 Å². The number of benzene rings is 1. The molecule has 0 fully saturated rings. The third-order valence-corrected chi connectivity index (χ3v) is 5.51. The fourth-order valence-corrected chi connectivity index (χ4v) is 1.89. The summed E-state index contributed by atoms with van der Waals surface area (Å²) < 4.78 is 22.4. The molecule has 1 rings (SSSR count). The Balaban J connectivity index is 2.94. The lowest BCUT2D eigenvalue weighted by Crippen LogP contribution is -2.38. The lowest BCUT2D eigenvalue weighted by Gasteiger charge is -2.24. The summed E-state index contributed by atoms with van der Waals surface area (Å²) in [4.78, 5) is 11.8. The Kier molecular flexibility index (Phi) is 5.22. The molecule has 6 nitrogen and oxygen atoms in total. The Morgan fingerprint density at radius 2 is 1.95 bits per heavy atom. The van der Waals surface area contributed by atoms with Crippen molar-refractivity contribution in [2.45, 2.75) is 25.5 Å². The van der Waals surface area contributed by atoms with Crippen LogP contribution in [-0.4, -0.2) is 38.4 Å². The normalized spacial score (nSPS) is 12.0. The highest BCUT2D eigenvalue weighted by atomic mass is 32.2. The van der Waals surface area contributed by atoms with Crippen LogP contribution in [0.4, 0.5) is 11.4 Å². The fraction of sp³-hybridized carbons (Fsp3) is 0.500. The Hall–Kier alpha value is -1.76. The Morgan fingerprint density at radius 3 is 2.48 bits per heavy atom. The second kappa shape index (κ2) is 6.34. The van der Waals surface area contributed by atoms with Gasteiger partial charge in [-0.3, -0.25) is 4.79 Å². The molecule has 0 aliphatic carbocycles. The van der Waals surface area contributed by atoms with Gasteiger partial charge in [-0.2, -0.15) is 0 Å². The summed E-state index contributed by atoms with van der Waals surface area (Å²) in [7, 11) is -3.20. The third-order valence-electron chi connectivity index (χ3n) is 3.36. The second-order valence-electron chi connectivity index (χ2n) is 5.55. The minimum absolute atomic E-state index is 0.192. The van der Waals surface area contributed by atoms with Crippen LogP contribution in [0, 0.1) is 0 Å². The van der Waals surface area contributed by atoms with Crippen LogP contribution in [0.5, 0.6) is 0 Å². The summed E-state index contributed by atoms with van der Waals surface area (Å²) in [6.07, 6.45) is 1.20. The van der Waals surface area contributed by atoms with Gasteiger partial charge in [0.15, 0.2) is 9.84 Å². The molecule has 0 saturated heterocycles. The molecule has 0 radical (unpaired) electrons. The zero-order valence-corrected chi connectivity index (χ0v) is 13.7. The van der Waals surface area contributed by atoms with E-state index in [0.29, 0.717) is 23.5 Å². The van der Waals surface area contributed by atoms with E-state index in [4.69, 9.17) is 5.73 Å². The Labute approximate surface area is 126 Å². The number of rotatable bonds is 6. The van der Waals surface area contributed by atoms with Crippen LogP contribution in [0.25, 0.3) is 0 Å². The van der Waals surface area contributed by atoms with Crippen LogP contribution in [0.2, 0.25) is 0 Å². The SMILES string of the molecule is CCNC(=O)c1ccc(N)c(NCC(C)(C)S(C)(=O)=O)c1. The van der Waals surface area contributed by atoms with E-state index in [-0.39, 0.29) is 12.5 Å². The van der Waals surface area contributed by atoms with Gasteiger partial charge in [0.05, 0.1) is 16.1 Å². The second-order valence-corrected chi connectivity index (χ2v) is 8.20. The average molecular weight is 313 g/mol. The van der Waals surface area contributed by atoms with E-state index in [9.17, 15) is 13.2 Å². The highest BCUT2D eigenvalue weighted by Crippen LogP contribution is 2.23. The summed E-state index contributed by atoms with van der Waals surface area (Å²) in [5, 5.41) is 5.71. The van der Waals surface area contributed by atoms with E-state index in [1.54, 1.807) is 32.0 Å². The molecule has 4 N–H and O–H groups in total. The van der Waals surface area contributed by atoms with Gasteiger partial charge in [-0.25, -0.2) is 8.42 Å². The van der Waals surface area contributed by atoms with Crippen LogP contribution >= 0.6 is 0 Å². The number of carbonyl (C=O) groups is 1. The molecule has 1 aromatic rings. The number of anilines is 2. The topological polar surface area (TPSA) is 101 Å². The summed E-state index contributed by atoms with van der Waals surface area (Å²) in [5.41, 5.74) is 7.35. The van der Waals surface area contributed by atoms with Gasteiger partial charge < -0.3 is 16.4 Å². The molecule has 0 aromatic heterocycles. The quantitative estimate of drug-likeness (QED) is 0.686. The predicted molar refractivity (Wildman–Crippen MR) is 86.3 cm³/mol. The molecule has 0 atom stereocenters. The maximum Gasteiger partial charge on any atom is 0.251 e. The number of nitrogens with two attached hydrogens (primary N) is 1. The lowest BCUT2D eigenvalue weighted by molar-refractivity contribution is 0.0956. The van der Waals surface area contributed by atoms with Crippen LogP contribution in [0.1, 0.15) is 31.1 Å². The van der Waals surface area contributed by atoms with Crippen molar-refractivity contribution in [2.75, 3.05) is 30.4 Å². The molecule has 0 bridgehead atoms. The predicted octanol–water partition coefficient (Wildman–Crippen LogP) is 1.25. The average Bonchev–Trinajstić information content (AvgIpc) is 2.36. The molecule has 118 valence electrons. The van der Waals surface area contributed by atoms with E-state index < -0.39 is 14.6 Å². The number of carbonyl (C=O) groups excluding carboxylic acids is 1. The standard InChI is InChI=1S/C14H23N3O3S/c1-5-16-13(18)10-6-7-11(15)12(8-10)17-9-14(2,3)21(4,19)20/h6-8,17H,5,9,15H2,1-4H3,(H,16,18). The molecular weight excluding hydrogens is 290 g/mol. The van der Waals surface area contributed by atoms with Crippen molar-refractivity contribution in [3.8, 4) is 0 Å². The summed E-state index contributed by atoms with van der Waals surface area (Å²) in [6.45, 7) is 5.85. The maximum absolute atomic E-state index is 11.8. The van der Waals surface area contributed by atoms with Crippen LogP contribution < -0.4 is 16.4 Å². The minimum atomic E-state index is -3.20. The van der Waals surface area contributed by atoms with Crippen molar-refractivity contribution < 1.29 is 13.2 Å². The first-order valence-corrected chi connectivity index (χ1v) is 8.59. The first-order valence-electron chi connectivity index (χ1n) is 6.69. The van der Waals surface area contributed by atoms with Crippen LogP contribution in [-0.2, 0) is 9.84 Å². The van der Waals surface area contributed by atoms with E-state index in [1.807, 2.05) is 6.92 Å². The highest BCUT2D eigenvalue weighted by molar-refractivity contribution is 7.92. The minimum Gasteiger partial charge on any atom is -0.397 e. The highest BCUT2D eigenvalue weighted by Gasteiger charge is 2.30. The first kappa shape index (κ1) is 17.3. The fourth-order valence-electron chi connectivity index (χ4n) is 1.55. The number of hydrogen-bond acceptors (Lipinski definition) is 5. The van der Waals surface area contributed by atoms with Gasteiger partial charge in [-0.1, -0.05) is 0 Å². The number of amides is 1. The molecule has 0 saturated carbocycles. The van der Waals surface area contributed by atoms with Crippen molar-refractivity contribution in [1.29, 1.82) is 0 Å². The van der Waals surface area contributed by atoms with Crippen molar-refractivity contribution in [3.05, 3.63) is 23.8 Å². The molecule has 1 aromatic carbocycles. The molecular formula is C14H23N3O3S. The van der Waals surface area contributed by atoms with Gasteiger partial charge in [-0.15, -0.1) is 0 Å². The molecule has 0 heterocycles. The molecule has 7 heteroatoms. The number of nitrogen functional groups attached to an aromatic ring is 1. The van der Waals surface area contributed by atoms with Crippen molar-refractivity contribution >= 4 is 27.1 Å². The first-order chi connectivity index (χ1) is 9.58. The van der Waals surface area contributed by atoms with Crippen molar-refractivity contribution in [3.63, 3.8) is 0 Å². The maximum atomic E-state index is 11.8. The van der Waals surface area contributed by atoms with Gasteiger partial charge in [0.2, 0.25) is 0 Å². The van der Waals surface area contributed by atoms with Gasteiger partial charge in [0.25, 0.3) is 5.91 Å². The number of sulfone groups is 1. The van der Waals surface area contributed by atoms with E-state index in [2.05, 4.69) is 10.6 Å². The summed E-state index contributed by atoms with van der Waals surface area (Å²) in [6, 6.07) is 4.88. The number of hydrogen-bond donors (Lipinski definition) is 3. The molecule has 0 spiro atoms. The molecule has 1 amide bonds. The van der Waals surface area contributed by atoms with E-state index >= 15 is 0 Å². The number of nitrogens with one attached hydrogen (secondary N) is 2. The van der Waals surface area contributed by atoms with Gasteiger partial charge in [-0.05, 0) is 39.0 Å². The van der Waals surface area contributed by atoms with E-state index in [0.717, 1.165) is 0 Å². The zero-order valence-electron chi connectivity index (χ0n) is 12.9. The van der Waals surface area contributed by atoms with Crippen LogP contribution in [0.3, 0.4) is 0 Å². The Morgan fingerprint density at radius 1 is 1.33 bits per heavy atom. The molecule has 21 heavy (non-hydrogen) atoms. The smallest absolute Gasteiger partial charge is 0.251 e. The zero-order chi connectivity index (χ0) is 16.3. The van der Waals surface area contributed by atoms with Gasteiger partial charge >= 0.3 is 0 Å². The Bertz CT molecular complexity index is 624. The van der Waals surface area contributed by atoms with Gasteiger partial charge in [0, 0.05) is 24.9 Å². The van der Waals surface area contributed by atoms with Crippen molar-refractivity contribution in [2.24, 2.45) is 0 Å². The molecule has 0 aliphatic rings. The molecule has 0 unspecified atom stereocenters. The largest absolute Gasteiger partial charge is 0.397 e. The summed E-state index contributed by atoms with van der Waals surface area (Å²) in [5.74, 6) is -0.192. The third kappa shape index (κ3) is 4.35. The van der Waals surface area contributed by atoms with Crippen molar-refractivity contribution in [1.82, 2.24) is 5.32 Å². The molecule has 0 aliphatic heterocycles. The van der Waals surface area contributed by atoms with Gasteiger partial charge in [0.1, 0.15) is 0 Å². The van der Waals surface area contributed by atoms with Crippen LogP contribution in [0.15, 0.2) is 18.2 Å². The summed E-state index contributed by atoms with van der Waals surface area (Å²) >= 11 is 0. The monoisotopic (exact) mass is 313 g/mol.